The zero-order chi connectivity index (χ0) is 18.1. The quantitative estimate of drug-likeness (QED) is 0.762. The van der Waals surface area contributed by atoms with Crippen LogP contribution in [0.2, 0.25) is 0 Å². The molecule has 0 bridgehead atoms. The molecular formula is C19H18N6O. The van der Waals surface area contributed by atoms with Crippen LogP contribution in [-0.4, -0.2) is 19.7 Å². The Morgan fingerprint density at radius 2 is 2.15 bits per heavy atom. The molecule has 7 nitrogen and oxygen atoms in total. The summed E-state index contributed by atoms with van der Waals surface area (Å²) in [7, 11) is 1.85. The second kappa shape index (κ2) is 6.58. The summed E-state index contributed by atoms with van der Waals surface area (Å²) in [5, 5.41) is 13.8. The predicted molar refractivity (Wildman–Crippen MR) is 95.3 cm³/mol. The monoisotopic (exact) mass is 346 g/mol. The van der Waals surface area contributed by atoms with Gasteiger partial charge in [-0.3, -0.25) is 0 Å². The van der Waals surface area contributed by atoms with Gasteiger partial charge >= 0.3 is 0 Å². The van der Waals surface area contributed by atoms with Crippen LogP contribution in [0.15, 0.2) is 36.5 Å². The molecule has 1 saturated carbocycles. The standard InChI is InChI=1S/C19H18N6O/c1-25-18(9-16(24-25)13-3-4-13)26-17-8-12(10-20)2-5-15(17)19-22-7-6-14(11-21)23-19/h2,5-9,13H,3-4,11,21H2,1H3. The number of benzene rings is 1. The van der Waals surface area contributed by atoms with E-state index in [2.05, 4.69) is 21.1 Å². The van der Waals surface area contributed by atoms with E-state index >= 15 is 0 Å². The van der Waals surface area contributed by atoms with Gasteiger partial charge in [-0.05, 0) is 37.1 Å². The van der Waals surface area contributed by atoms with E-state index in [1.54, 1.807) is 35.1 Å². The molecule has 130 valence electrons. The van der Waals surface area contributed by atoms with E-state index < -0.39 is 0 Å². The zero-order valence-corrected chi connectivity index (χ0v) is 14.4. The molecule has 3 aromatic rings. The molecule has 0 spiro atoms. The summed E-state index contributed by atoms with van der Waals surface area (Å²) >= 11 is 0. The lowest BCUT2D eigenvalue weighted by Gasteiger charge is -2.11. The second-order valence-corrected chi connectivity index (χ2v) is 6.31. The second-order valence-electron chi connectivity index (χ2n) is 6.31. The molecule has 0 unspecified atom stereocenters. The minimum atomic E-state index is 0.328. The van der Waals surface area contributed by atoms with Gasteiger partial charge in [-0.1, -0.05) is 0 Å². The molecule has 0 radical (unpaired) electrons. The number of hydrogen-bond donors (Lipinski definition) is 1. The highest BCUT2D eigenvalue weighted by Crippen LogP contribution is 2.41. The Bertz CT molecular complexity index is 1000. The van der Waals surface area contributed by atoms with Gasteiger partial charge in [-0.25, -0.2) is 14.6 Å². The summed E-state index contributed by atoms with van der Waals surface area (Å²) in [5.41, 5.74) is 8.67. The number of nitrogens with two attached hydrogens (primary N) is 1. The highest BCUT2D eigenvalue weighted by atomic mass is 16.5. The Morgan fingerprint density at radius 3 is 2.88 bits per heavy atom. The molecule has 0 aliphatic heterocycles. The number of aryl methyl sites for hydroxylation is 1. The molecule has 7 heteroatoms. The van der Waals surface area contributed by atoms with Crippen LogP contribution in [0.5, 0.6) is 11.6 Å². The van der Waals surface area contributed by atoms with Gasteiger partial charge in [0.2, 0.25) is 5.88 Å². The average molecular weight is 346 g/mol. The first-order chi connectivity index (χ1) is 12.7. The molecule has 0 atom stereocenters. The largest absolute Gasteiger partial charge is 0.438 e. The van der Waals surface area contributed by atoms with Gasteiger partial charge in [-0.2, -0.15) is 10.4 Å². The Kier molecular flexibility index (Phi) is 4.11. The molecule has 0 amide bonds. The van der Waals surface area contributed by atoms with Crippen molar-refractivity contribution in [3.8, 4) is 29.1 Å². The minimum absolute atomic E-state index is 0.328. The fourth-order valence-corrected chi connectivity index (χ4v) is 2.76. The van der Waals surface area contributed by atoms with Crippen molar-refractivity contribution < 1.29 is 4.74 Å². The Hall–Kier alpha value is -3.24. The van der Waals surface area contributed by atoms with Crippen LogP contribution in [0, 0.1) is 11.3 Å². The van der Waals surface area contributed by atoms with Crippen molar-refractivity contribution in [2.24, 2.45) is 12.8 Å². The molecule has 2 N–H and O–H groups in total. The van der Waals surface area contributed by atoms with Gasteiger partial charge in [0.1, 0.15) is 5.75 Å². The molecule has 1 aliphatic rings. The summed E-state index contributed by atoms with van der Waals surface area (Å²) in [4.78, 5) is 8.79. The maximum absolute atomic E-state index is 9.24. The average Bonchev–Trinajstić information content (AvgIpc) is 3.46. The van der Waals surface area contributed by atoms with Gasteiger partial charge in [0.05, 0.1) is 28.6 Å². The number of nitriles is 1. The van der Waals surface area contributed by atoms with Crippen molar-refractivity contribution in [2.45, 2.75) is 25.3 Å². The Balaban J connectivity index is 1.75. The lowest BCUT2D eigenvalue weighted by Crippen LogP contribution is -2.02. The number of aromatic nitrogens is 4. The van der Waals surface area contributed by atoms with E-state index in [1.165, 1.54) is 12.8 Å². The zero-order valence-electron chi connectivity index (χ0n) is 14.4. The van der Waals surface area contributed by atoms with Gasteiger partial charge in [0.15, 0.2) is 5.82 Å². The van der Waals surface area contributed by atoms with Crippen molar-refractivity contribution in [3.63, 3.8) is 0 Å². The van der Waals surface area contributed by atoms with Crippen LogP contribution >= 0.6 is 0 Å². The molecule has 2 heterocycles. The maximum atomic E-state index is 9.24. The van der Waals surface area contributed by atoms with Gasteiger partial charge in [0.25, 0.3) is 0 Å². The molecule has 2 aromatic heterocycles. The summed E-state index contributed by atoms with van der Waals surface area (Å²) in [6.45, 7) is 0.328. The Morgan fingerprint density at radius 1 is 1.31 bits per heavy atom. The minimum Gasteiger partial charge on any atom is -0.438 e. The fourth-order valence-electron chi connectivity index (χ4n) is 2.76. The van der Waals surface area contributed by atoms with E-state index in [-0.39, 0.29) is 0 Å². The third-order valence-corrected chi connectivity index (χ3v) is 4.34. The molecule has 4 rings (SSSR count). The van der Waals surface area contributed by atoms with Crippen LogP contribution in [0.25, 0.3) is 11.4 Å². The number of rotatable bonds is 5. The van der Waals surface area contributed by atoms with E-state index in [4.69, 9.17) is 10.5 Å². The smallest absolute Gasteiger partial charge is 0.217 e. The third-order valence-electron chi connectivity index (χ3n) is 4.34. The summed E-state index contributed by atoms with van der Waals surface area (Å²) in [6, 6.07) is 11.1. The van der Waals surface area contributed by atoms with Crippen LogP contribution in [0.3, 0.4) is 0 Å². The SMILES string of the molecule is Cn1nc(C2CC2)cc1Oc1cc(C#N)ccc1-c1nccc(CN)n1. The van der Waals surface area contributed by atoms with Gasteiger partial charge in [-0.15, -0.1) is 0 Å². The first-order valence-corrected chi connectivity index (χ1v) is 8.46. The normalized spacial score (nSPS) is 13.4. The third kappa shape index (κ3) is 3.15. The van der Waals surface area contributed by atoms with Crippen molar-refractivity contribution in [1.29, 1.82) is 5.26 Å². The van der Waals surface area contributed by atoms with Gasteiger partial charge in [0, 0.05) is 31.8 Å². The summed E-state index contributed by atoms with van der Waals surface area (Å²) < 4.78 is 7.82. The number of hydrogen-bond acceptors (Lipinski definition) is 6. The lowest BCUT2D eigenvalue weighted by atomic mass is 10.1. The highest BCUT2D eigenvalue weighted by molar-refractivity contribution is 5.66. The van der Waals surface area contributed by atoms with Crippen molar-refractivity contribution in [1.82, 2.24) is 19.7 Å². The molecule has 1 aliphatic carbocycles. The van der Waals surface area contributed by atoms with Crippen molar-refractivity contribution in [3.05, 3.63) is 53.5 Å². The highest BCUT2D eigenvalue weighted by Gasteiger charge is 2.27. The molecule has 0 saturated heterocycles. The van der Waals surface area contributed by atoms with Crippen molar-refractivity contribution in [2.75, 3.05) is 0 Å². The summed E-state index contributed by atoms with van der Waals surface area (Å²) in [6.07, 6.45) is 4.01. The van der Waals surface area contributed by atoms with Crippen LogP contribution in [0.1, 0.15) is 35.7 Å². The van der Waals surface area contributed by atoms with Crippen molar-refractivity contribution >= 4 is 0 Å². The topological polar surface area (TPSA) is 103 Å². The first kappa shape index (κ1) is 16.2. The van der Waals surface area contributed by atoms with Crippen LogP contribution in [-0.2, 0) is 13.6 Å². The van der Waals surface area contributed by atoms with E-state index in [9.17, 15) is 5.26 Å². The predicted octanol–water partition coefficient (Wildman–Crippen LogP) is 2.88. The fraction of sp³-hybridized carbons (Fsp3) is 0.263. The maximum Gasteiger partial charge on any atom is 0.217 e. The van der Waals surface area contributed by atoms with E-state index in [0.29, 0.717) is 41.0 Å². The first-order valence-electron chi connectivity index (χ1n) is 8.46. The molecule has 1 aromatic carbocycles. The summed E-state index contributed by atoms with van der Waals surface area (Å²) in [5.74, 6) is 2.19. The number of nitrogens with zero attached hydrogens (tertiary/aromatic N) is 5. The molecule has 1 fully saturated rings. The molecular weight excluding hydrogens is 328 g/mol. The lowest BCUT2D eigenvalue weighted by molar-refractivity contribution is 0.431. The van der Waals surface area contributed by atoms with E-state index in [1.807, 2.05) is 13.1 Å². The number of ether oxygens (including phenoxy) is 1. The van der Waals surface area contributed by atoms with Crippen LogP contribution < -0.4 is 10.5 Å². The molecule has 26 heavy (non-hydrogen) atoms. The van der Waals surface area contributed by atoms with Gasteiger partial charge < -0.3 is 10.5 Å². The van der Waals surface area contributed by atoms with Crippen LogP contribution in [0.4, 0.5) is 0 Å². The van der Waals surface area contributed by atoms with E-state index in [0.717, 1.165) is 11.4 Å². The Labute approximate surface area is 151 Å².